The van der Waals surface area contributed by atoms with Crippen molar-refractivity contribution in [1.29, 1.82) is 0 Å². The van der Waals surface area contributed by atoms with Gasteiger partial charge in [0.25, 0.3) is 0 Å². The maximum absolute atomic E-state index is 6.40. The zero-order chi connectivity index (χ0) is 24.3. The molecule has 1 saturated carbocycles. The minimum absolute atomic E-state index is 0.145. The largest absolute Gasteiger partial charge is 0.490 e. The van der Waals surface area contributed by atoms with Gasteiger partial charge in [-0.1, -0.05) is 36.0 Å². The molecule has 3 heterocycles. The lowest BCUT2D eigenvalue weighted by molar-refractivity contribution is 0.210. The summed E-state index contributed by atoms with van der Waals surface area (Å²) in [5, 5.41) is 4.99. The molecule has 7 heteroatoms. The summed E-state index contributed by atoms with van der Waals surface area (Å²) in [6.45, 7) is 0. The smallest absolute Gasteiger partial charge is 0.174 e. The minimum atomic E-state index is -0.181. The predicted octanol–water partition coefficient (Wildman–Crippen LogP) is 7.32. The summed E-state index contributed by atoms with van der Waals surface area (Å²) in [7, 11) is 0. The van der Waals surface area contributed by atoms with Crippen LogP contribution >= 0.6 is 24.0 Å². The highest BCUT2D eigenvalue weighted by Gasteiger charge is 2.42. The van der Waals surface area contributed by atoms with Crippen LogP contribution in [0.5, 0.6) is 5.75 Å². The number of nitrogens with zero attached hydrogens (tertiary/aromatic N) is 2. The number of benzene rings is 2. The molecular weight excluding hydrogens is 486 g/mol. The number of thiocarbonyl (C=S) groups is 1. The molecule has 6 rings (SSSR count). The Morgan fingerprint density at radius 1 is 0.917 bits per heavy atom. The van der Waals surface area contributed by atoms with Crippen molar-refractivity contribution in [3.05, 3.63) is 103 Å². The summed E-state index contributed by atoms with van der Waals surface area (Å²) in [6, 6.07) is 28.2. The summed E-state index contributed by atoms with van der Waals surface area (Å²) < 4.78 is 12.6. The summed E-state index contributed by atoms with van der Waals surface area (Å²) in [5.74, 6) is 1.74. The lowest BCUT2D eigenvalue weighted by Gasteiger charge is -2.26. The van der Waals surface area contributed by atoms with Crippen LogP contribution in [-0.2, 0) is 0 Å². The van der Waals surface area contributed by atoms with E-state index in [1.165, 1.54) is 12.8 Å². The molecule has 0 amide bonds. The molecule has 0 spiro atoms. The first kappa shape index (κ1) is 23.1. The number of pyridine rings is 1. The summed E-state index contributed by atoms with van der Waals surface area (Å²) in [5.41, 5.74) is 1.91. The molecule has 1 N–H and O–H groups in total. The Morgan fingerprint density at radius 2 is 1.69 bits per heavy atom. The molecular formula is C29H27N3O2S2. The Hall–Kier alpha value is -3.29. The maximum Gasteiger partial charge on any atom is 0.174 e. The highest BCUT2D eigenvalue weighted by Crippen LogP contribution is 2.43. The fraction of sp³-hybridized carbons (Fsp3) is 0.241. The van der Waals surface area contributed by atoms with Gasteiger partial charge in [0.1, 0.15) is 17.6 Å². The zero-order valence-electron chi connectivity index (χ0n) is 19.7. The van der Waals surface area contributed by atoms with E-state index in [0.29, 0.717) is 11.2 Å². The average Bonchev–Trinajstić information content (AvgIpc) is 3.66. The number of hydrogen-bond acceptors (Lipinski definition) is 5. The summed E-state index contributed by atoms with van der Waals surface area (Å²) in [6.07, 6.45) is 6.92. The quantitative estimate of drug-likeness (QED) is 0.260. The Bertz CT molecular complexity index is 1310. The van der Waals surface area contributed by atoms with Gasteiger partial charge in [-0.3, -0.25) is 4.98 Å². The zero-order valence-corrected chi connectivity index (χ0v) is 21.4. The SMILES string of the molecule is S=C1N[C@H](c2ccccn2)[C@H](c2ccc(Sc3ccccc3)o2)N1c1ccc(OC2CCCC2)cc1. The first-order valence-electron chi connectivity index (χ1n) is 12.3. The van der Waals surface area contributed by atoms with Crippen LogP contribution in [0, 0.1) is 0 Å². The number of hydrogen-bond donors (Lipinski definition) is 1. The molecule has 2 aromatic heterocycles. The van der Waals surface area contributed by atoms with E-state index < -0.39 is 0 Å². The molecule has 2 aliphatic rings. The van der Waals surface area contributed by atoms with E-state index >= 15 is 0 Å². The van der Waals surface area contributed by atoms with E-state index in [2.05, 4.69) is 39.5 Å². The Labute approximate surface area is 220 Å². The van der Waals surface area contributed by atoms with E-state index in [-0.39, 0.29) is 12.1 Å². The second-order valence-electron chi connectivity index (χ2n) is 9.09. The van der Waals surface area contributed by atoms with Crippen LogP contribution < -0.4 is 15.0 Å². The standard InChI is InChI=1S/C29H27N3O2S2/c35-29-31-27(24-12-6-7-19-30-24)28(25-17-18-26(34-25)36-23-10-2-1-3-11-23)32(29)20-13-15-22(16-14-20)33-21-8-4-5-9-21/h1-3,6-7,10-19,21,27-28H,4-5,8-9H2,(H,31,35)/t27-,28+/m1/s1. The first-order valence-corrected chi connectivity index (χ1v) is 13.6. The van der Waals surface area contributed by atoms with Crippen molar-refractivity contribution >= 4 is 34.8 Å². The molecule has 36 heavy (non-hydrogen) atoms. The topological polar surface area (TPSA) is 50.5 Å². The van der Waals surface area contributed by atoms with Gasteiger partial charge in [-0.25, -0.2) is 0 Å². The normalized spacial score (nSPS) is 20.0. The number of furan rings is 1. The minimum Gasteiger partial charge on any atom is -0.490 e. The van der Waals surface area contributed by atoms with Gasteiger partial charge in [0.05, 0.1) is 17.8 Å². The van der Waals surface area contributed by atoms with Crippen molar-refractivity contribution in [2.45, 2.75) is 53.9 Å². The van der Waals surface area contributed by atoms with Crippen molar-refractivity contribution in [1.82, 2.24) is 10.3 Å². The first-order chi connectivity index (χ1) is 17.7. The lowest BCUT2D eigenvalue weighted by Crippen LogP contribution is -2.29. The molecule has 4 aromatic rings. The van der Waals surface area contributed by atoms with Gasteiger partial charge in [0.2, 0.25) is 0 Å². The monoisotopic (exact) mass is 513 g/mol. The Morgan fingerprint density at radius 3 is 2.44 bits per heavy atom. The third-order valence-corrected chi connectivity index (χ3v) is 7.92. The molecule has 1 saturated heterocycles. The van der Waals surface area contributed by atoms with Crippen molar-refractivity contribution in [3.63, 3.8) is 0 Å². The number of ether oxygens (including phenoxy) is 1. The van der Waals surface area contributed by atoms with Crippen molar-refractivity contribution in [3.8, 4) is 5.75 Å². The third-order valence-electron chi connectivity index (χ3n) is 6.67. The summed E-state index contributed by atoms with van der Waals surface area (Å²) in [4.78, 5) is 7.89. The van der Waals surface area contributed by atoms with E-state index in [4.69, 9.17) is 21.4 Å². The van der Waals surface area contributed by atoms with Crippen molar-refractivity contribution in [2.75, 3.05) is 4.90 Å². The molecule has 2 fully saturated rings. The fourth-order valence-corrected chi connectivity index (χ4v) is 6.10. The molecule has 182 valence electrons. The Balaban J connectivity index is 1.31. The highest BCUT2D eigenvalue weighted by atomic mass is 32.2. The second-order valence-corrected chi connectivity index (χ2v) is 10.6. The molecule has 1 aliphatic carbocycles. The van der Waals surface area contributed by atoms with Crippen LogP contribution in [0.25, 0.3) is 0 Å². The molecule has 0 unspecified atom stereocenters. The third kappa shape index (κ3) is 4.86. The molecule has 0 radical (unpaired) electrons. The van der Waals surface area contributed by atoms with Crippen LogP contribution in [0.1, 0.15) is 49.2 Å². The van der Waals surface area contributed by atoms with Crippen molar-refractivity contribution < 1.29 is 9.15 Å². The number of rotatable bonds is 7. The molecule has 5 nitrogen and oxygen atoms in total. The van der Waals surface area contributed by atoms with Gasteiger partial charge < -0.3 is 19.4 Å². The molecule has 0 bridgehead atoms. The lowest BCUT2D eigenvalue weighted by atomic mass is 10.0. The van der Waals surface area contributed by atoms with E-state index in [1.54, 1.807) is 11.8 Å². The average molecular weight is 514 g/mol. The highest BCUT2D eigenvalue weighted by molar-refractivity contribution is 7.99. The summed E-state index contributed by atoms with van der Waals surface area (Å²) >= 11 is 7.45. The van der Waals surface area contributed by atoms with Crippen LogP contribution in [0.2, 0.25) is 0 Å². The number of nitrogens with one attached hydrogen (secondary N) is 1. The number of anilines is 1. The van der Waals surface area contributed by atoms with E-state index in [9.17, 15) is 0 Å². The van der Waals surface area contributed by atoms with Crippen LogP contribution in [0.15, 0.2) is 106 Å². The Kier molecular flexibility index (Phi) is 6.66. The van der Waals surface area contributed by atoms with Gasteiger partial charge in [-0.05, 0) is 98.6 Å². The fourth-order valence-electron chi connectivity index (χ4n) is 4.96. The number of aromatic nitrogens is 1. The van der Waals surface area contributed by atoms with E-state index in [1.807, 2.05) is 66.9 Å². The van der Waals surface area contributed by atoms with E-state index in [0.717, 1.165) is 45.7 Å². The van der Waals surface area contributed by atoms with Crippen molar-refractivity contribution in [2.24, 2.45) is 0 Å². The van der Waals surface area contributed by atoms with Gasteiger partial charge in [0.15, 0.2) is 10.2 Å². The van der Waals surface area contributed by atoms with Gasteiger partial charge in [-0.2, -0.15) is 0 Å². The predicted molar refractivity (Wildman–Crippen MR) is 147 cm³/mol. The molecule has 2 atom stereocenters. The van der Waals surface area contributed by atoms with Crippen LogP contribution in [0.3, 0.4) is 0 Å². The van der Waals surface area contributed by atoms with Crippen LogP contribution in [-0.4, -0.2) is 16.2 Å². The second kappa shape index (κ2) is 10.4. The van der Waals surface area contributed by atoms with Gasteiger partial charge >= 0.3 is 0 Å². The molecule has 1 aliphatic heterocycles. The van der Waals surface area contributed by atoms with Gasteiger partial charge in [0, 0.05) is 16.8 Å². The maximum atomic E-state index is 6.40. The van der Waals surface area contributed by atoms with Crippen LogP contribution in [0.4, 0.5) is 5.69 Å². The molecule has 2 aromatic carbocycles. The van der Waals surface area contributed by atoms with Gasteiger partial charge in [-0.15, -0.1) is 0 Å².